The number of carbonyl (C=O) groups excluding carboxylic acids is 1. The number of amides is 1. The van der Waals surface area contributed by atoms with Crippen LogP contribution in [0.4, 0.5) is 5.69 Å². The number of carbonyl (C=O) groups is 1. The summed E-state index contributed by atoms with van der Waals surface area (Å²) < 4.78 is 5.81. The Morgan fingerprint density at radius 2 is 1.85 bits per heavy atom. The fraction of sp³-hybridized carbons (Fsp3) is 0.286. The molecular formula is C21H23N3O2. The van der Waals surface area contributed by atoms with Gasteiger partial charge in [-0.25, -0.2) is 4.98 Å². The molecule has 0 saturated heterocycles. The van der Waals surface area contributed by atoms with Gasteiger partial charge in [0.1, 0.15) is 5.76 Å². The molecule has 3 aromatic rings. The van der Waals surface area contributed by atoms with Crippen LogP contribution in [0.5, 0.6) is 0 Å². The van der Waals surface area contributed by atoms with Gasteiger partial charge in [-0.05, 0) is 56.0 Å². The normalized spacial score (nSPS) is 10.7. The molecule has 0 aliphatic rings. The number of oxazole rings is 1. The maximum absolute atomic E-state index is 12.0. The van der Waals surface area contributed by atoms with E-state index < -0.39 is 0 Å². The van der Waals surface area contributed by atoms with Crippen molar-refractivity contribution in [2.24, 2.45) is 0 Å². The summed E-state index contributed by atoms with van der Waals surface area (Å²) in [5.74, 6) is 1.45. The van der Waals surface area contributed by atoms with Gasteiger partial charge in [-0.2, -0.15) is 0 Å². The molecule has 0 unspecified atom stereocenters. The van der Waals surface area contributed by atoms with Crippen LogP contribution in [-0.4, -0.2) is 15.9 Å². The van der Waals surface area contributed by atoms with Gasteiger partial charge in [0, 0.05) is 30.1 Å². The van der Waals surface area contributed by atoms with Crippen LogP contribution in [-0.2, 0) is 17.6 Å². The number of nitrogens with zero attached hydrogens (tertiary/aromatic N) is 2. The van der Waals surface area contributed by atoms with Crippen LogP contribution in [0.2, 0.25) is 0 Å². The highest BCUT2D eigenvalue weighted by Gasteiger charge is 2.12. The van der Waals surface area contributed by atoms with Crippen LogP contribution in [0.25, 0.3) is 11.5 Å². The van der Waals surface area contributed by atoms with Gasteiger partial charge in [0.05, 0.1) is 5.69 Å². The Balaban J connectivity index is 1.55. The first-order valence-electron chi connectivity index (χ1n) is 8.91. The van der Waals surface area contributed by atoms with E-state index in [-0.39, 0.29) is 5.91 Å². The SMILES string of the molecule is CCc1ccc(-c2nc(CCCC(=O)Nc3ccncc3)c(C)o2)cc1. The molecule has 1 aromatic carbocycles. The first-order chi connectivity index (χ1) is 12.7. The molecule has 0 bridgehead atoms. The molecule has 0 spiro atoms. The number of nitrogens with one attached hydrogen (secondary N) is 1. The Morgan fingerprint density at radius 1 is 1.12 bits per heavy atom. The zero-order chi connectivity index (χ0) is 18.4. The third kappa shape index (κ3) is 4.57. The number of pyridine rings is 1. The Kier molecular flexibility index (Phi) is 5.79. The van der Waals surface area contributed by atoms with Gasteiger partial charge in [-0.3, -0.25) is 9.78 Å². The number of aryl methyl sites for hydroxylation is 3. The van der Waals surface area contributed by atoms with Gasteiger partial charge < -0.3 is 9.73 Å². The second-order valence-electron chi connectivity index (χ2n) is 6.21. The van der Waals surface area contributed by atoms with Gasteiger partial charge >= 0.3 is 0 Å². The predicted molar refractivity (Wildman–Crippen MR) is 102 cm³/mol. The summed E-state index contributed by atoms with van der Waals surface area (Å²) in [4.78, 5) is 20.5. The van der Waals surface area contributed by atoms with Crippen molar-refractivity contribution < 1.29 is 9.21 Å². The van der Waals surface area contributed by atoms with Crippen molar-refractivity contribution in [2.45, 2.75) is 39.5 Å². The molecule has 134 valence electrons. The van der Waals surface area contributed by atoms with E-state index in [4.69, 9.17) is 4.42 Å². The van der Waals surface area contributed by atoms with Crippen LogP contribution >= 0.6 is 0 Å². The topological polar surface area (TPSA) is 68.0 Å². The van der Waals surface area contributed by atoms with Crippen molar-refractivity contribution in [3.63, 3.8) is 0 Å². The smallest absolute Gasteiger partial charge is 0.226 e. The van der Waals surface area contributed by atoms with E-state index in [0.717, 1.165) is 35.5 Å². The Bertz CT molecular complexity index is 855. The average molecular weight is 349 g/mol. The fourth-order valence-corrected chi connectivity index (χ4v) is 2.74. The van der Waals surface area contributed by atoms with Crippen molar-refractivity contribution in [1.29, 1.82) is 0 Å². The van der Waals surface area contributed by atoms with Crippen molar-refractivity contribution >= 4 is 11.6 Å². The van der Waals surface area contributed by atoms with Crippen molar-refractivity contribution in [2.75, 3.05) is 5.32 Å². The van der Waals surface area contributed by atoms with Crippen LogP contribution in [0.3, 0.4) is 0 Å². The second kappa shape index (κ2) is 8.43. The zero-order valence-corrected chi connectivity index (χ0v) is 15.2. The van der Waals surface area contributed by atoms with E-state index in [2.05, 4.69) is 34.3 Å². The maximum atomic E-state index is 12.0. The van der Waals surface area contributed by atoms with E-state index >= 15 is 0 Å². The minimum absolute atomic E-state index is 0.00674. The minimum atomic E-state index is -0.00674. The standard InChI is InChI=1S/C21H23N3O2/c1-3-16-7-9-17(10-8-16)21-24-19(15(2)26-21)5-4-6-20(25)23-18-11-13-22-14-12-18/h7-14H,3-6H2,1-2H3,(H,22,23,25). The first-order valence-corrected chi connectivity index (χ1v) is 8.91. The third-order valence-corrected chi connectivity index (χ3v) is 4.28. The summed E-state index contributed by atoms with van der Waals surface area (Å²) in [6.45, 7) is 4.05. The summed E-state index contributed by atoms with van der Waals surface area (Å²) in [7, 11) is 0. The molecule has 0 radical (unpaired) electrons. The Hall–Kier alpha value is -2.95. The molecule has 1 N–H and O–H groups in total. The van der Waals surface area contributed by atoms with Gasteiger partial charge in [0.2, 0.25) is 11.8 Å². The number of hydrogen-bond donors (Lipinski definition) is 1. The Labute approximate surface area is 153 Å². The molecule has 5 heteroatoms. The minimum Gasteiger partial charge on any atom is -0.441 e. The molecule has 0 fully saturated rings. The average Bonchev–Trinajstić information content (AvgIpc) is 3.03. The van der Waals surface area contributed by atoms with Gasteiger partial charge in [-0.15, -0.1) is 0 Å². The lowest BCUT2D eigenvalue weighted by Gasteiger charge is -2.04. The lowest BCUT2D eigenvalue weighted by molar-refractivity contribution is -0.116. The number of hydrogen-bond acceptors (Lipinski definition) is 4. The van der Waals surface area contributed by atoms with Gasteiger partial charge in [0.25, 0.3) is 0 Å². The van der Waals surface area contributed by atoms with Crippen molar-refractivity contribution in [3.05, 3.63) is 65.8 Å². The Morgan fingerprint density at radius 3 is 2.54 bits per heavy atom. The highest BCUT2D eigenvalue weighted by atomic mass is 16.4. The van der Waals surface area contributed by atoms with Crippen LogP contribution < -0.4 is 5.32 Å². The highest BCUT2D eigenvalue weighted by molar-refractivity contribution is 5.90. The van der Waals surface area contributed by atoms with E-state index in [1.165, 1.54) is 5.56 Å². The van der Waals surface area contributed by atoms with E-state index in [1.807, 2.05) is 19.1 Å². The second-order valence-corrected chi connectivity index (χ2v) is 6.21. The monoisotopic (exact) mass is 349 g/mol. The highest BCUT2D eigenvalue weighted by Crippen LogP contribution is 2.23. The maximum Gasteiger partial charge on any atom is 0.226 e. The van der Waals surface area contributed by atoms with Crippen molar-refractivity contribution in [3.8, 4) is 11.5 Å². The van der Waals surface area contributed by atoms with E-state index in [1.54, 1.807) is 24.5 Å². The number of rotatable bonds is 7. The molecule has 5 nitrogen and oxygen atoms in total. The summed E-state index contributed by atoms with van der Waals surface area (Å²) in [6, 6.07) is 11.8. The van der Waals surface area contributed by atoms with E-state index in [0.29, 0.717) is 18.7 Å². The lowest BCUT2D eigenvalue weighted by atomic mass is 10.1. The quantitative estimate of drug-likeness (QED) is 0.678. The van der Waals surface area contributed by atoms with Crippen LogP contribution in [0.15, 0.2) is 53.2 Å². The molecule has 0 atom stereocenters. The third-order valence-electron chi connectivity index (χ3n) is 4.28. The first kappa shape index (κ1) is 17.9. The summed E-state index contributed by atoms with van der Waals surface area (Å²) in [5, 5.41) is 2.86. The summed E-state index contributed by atoms with van der Waals surface area (Å²) >= 11 is 0. The van der Waals surface area contributed by atoms with Crippen molar-refractivity contribution in [1.82, 2.24) is 9.97 Å². The van der Waals surface area contributed by atoms with Crippen LogP contribution in [0, 0.1) is 6.92 Å². The molecule has 26 heavy (non-hydrogen) atoms. The van der Waals surface area contributed by atoms with Gasteiger partial charge in [0.15, 0.2) is 0 Å². The predicted octanol–water partition coefficient (Wildman–Crippen LogP) is 4.57. The van der Waals surface area contributed by atoms with Crippen LogP contribution in [0.1, 0.15) is 36.8 Å². The molecule has 3 rings (SSSR count). The number of aromatic nitrogens is 2. The molecule has 2 heterocycles. The number of benzene rings is 1. The zero-order valence-electron chi connectivity index (χ0n) is 15.2. The lowest BCUT2D eigenvalue weighted by Crippen LogP contribution is -2.11. The number of anilines is 1. The van der Waals surface area contributed by atoms with E-state index in [9.17, 15) is 4.79 Å². The molecule has 0 saturated carbocycles. The van der Waals surface area contributed by atoms with Gasteiger partial charge in [-0.1, -0.05) is 19.1 Å². The summed E-state index contributed by atoms with van der Waals surface area (Å²) in [5.41, 5.74) is 3.95. The largest absolute Gasteiger partial charge is 0.441 e. The molecule has 0 aliphatic heterocycles. The molecule has 2 aromatic heterocycles. The summed E-state index contributed by atoms with van der Waals surface area (Å²) in [6.07, 6.45) is 6.20. The molecule has 1 amide bonds. The molecular weight excluding hydrogens is 326 g/mol. The fourth-order valence-electron chi connectivity index (χ4n) is 2.74. The molecule has 0 aliphatic carbocycles.